The molecule has 6 aliphatic rings. The first-order valence-electron chi connectivity index (χ1n) is 29.0. The minimum atomic E-state index is -1.29. The predicted octanol–water partition coefficient (Wildman–Crippen LogP) is 6.17. The molecule has 4 aromatic rings. The van der Waals surface area contributed by atoms with Crippen LogP contribution < -0.4 is 45.1 Å². The van der Waals surface area contributed by atoms with E-state index in [-0.39, 0.29) is 68.3 Å². The topological polar surface area (TPSA) is 262 Å². The lowest BCUT2D eigenvalue weighted by molar-refractivity contribution is -0.141. The number of piperazine rings is 1. The zero-order chi connectivity index (χ0) is 59.9. The van der Waals surface area contributed by atoms with Gasteiger partial charge in [-0.2, -0.15) is 0 Å². The molecule has 4 aromatic carbocycles. The van der Waals surface area contributed by atoms with Gasteiger partial charge in [-0.05, 0) is 84.4 Å². The van der Waals surface area contributed by atoms with Crippen LogP contribution in [0.5, 0.6) is 23.0 Å². The highest BCUT2D eigenvalue weighted by Crippen LogP contribution is 2.42. The Labute approximate surface area is 493 Å². The number of amides is 7. The van der Waals surface area contributed by atoms with Crippen LogP contribution in [-0.2, 0) is 24.0 Å². The third kappa shape index (κ3) is 13.4. The molecule has 22 nitrogen and oxygen atoms in total. The van der Waals surface area contributed by atoms with Gasteiger partial charge >= 0.3 is 0 Å². The highest BCUT2D eigenvalue weighted by Gasteiger charge is 2.38. The molecule has 0 saturated carbocycles. The Balaban J connectivity index is 0.680. The maximum atomic E-state index is 14.2. The van der Waals surface area contributed by atoms with E-state index in [1.54, 1.807) is 73.2 Å². The van der Waals surface area contributed by atoms with Crippen LogP contribution in [0.4, 0.5) is 22.7 Å². The molecule has 10 rings (SSSR count). The Morgan fingerprint density at radius 2 is 1.22 bits per heavy atom. The van der Waals surface area contributed by atoms with Crippen molar-refractivity contribution in [3.63, 3.8) is 0 Å². The summed E-state index contributed by atoms with van der Waals surface area (Å²) in [6.07, 6.45) is 9.05. The van der Waals surface area contributed by atoms with Crippen LogP contribution in [0.3, 0.4) is 0 Å². The monoisotopic (exact) mass is 1160 g/mol. The molecule has 0 aromatic heterocycles. The molecular formula is C63H72N10O12. The van der Waals surface area contributed by atoms with E-state index in [0.29, 0.717) is 89.7 Å². The van der Waals surface area contributed by atoms with Gasteiger partial charge in [-0.15, -0.1) is 0 Å². The second-order valence-electron chi connectivity index (χ2n) is 22.2. The summed E-state index contributed by atoms with van der Waals surface area (Å²) < 4.78 is 23.8. The Hall–Kier alpha value is -8.89. The van der Waals surface area contributed by atoms with Crippen LogP contribution in [0, 0.1) is 5.92 Å². The van der Waals surface area contributed by atoms with Gasteiger partial charge in [-0.3, -0.25) is 48.4 Å². The molecule has 22 heteroatoms. The fourth-order valence-corrected chi connectivity index (χ4v) is 11.2. The Morgan fingerprint density at radius 3 is 1.74 bits per heavy atom. The van der Waals surface area contributed by atoms with Crippen molar-refractivity contribution in [1.29, 1.82) is 0 Å². The number of aliphatic imine (C=N–C) groups is 2. The number of hydrogen-bond acceptors (Lipinski definition) is 16. The zero-order valence-electron chi connectivity index (χ0n) is 48.4. The van der Waals surface area contributed by atoms with E-state index in [9.17, 15) is 38.7 Å². The fraction of sp³-hybridized carbons (Fsp3) is 0.413. The molecule has 6 aliphatic heterocycles. The third-order valence-corrected chi connectivity index (χ3v) is 16.0. The molecule has 2 saturated heterocycles. The zero-order valence-corrected chi connectivity index (χ0v) is 48.4. The fourth-order valence-electron chi connectivity index (χ4n) is 11.2. The largest absolute Gasteiger partial charge is 0.493 e. The second-order valence-corrected chi connectivity index (χ2v) is 22.2. The Bertz CT molecular complexity index is 3350. The quantitative estimate of drug-likeness (QED) is 0.0411. The van der Waals surface area contributed by atoms with Gasteiger partial charge in [0.2, 0.25) is 23.6 Å². The highest BCUT2D eigenvalue weighted by molar-refractivity contribution is 6.07. The smallest absolute Gasteiger partial charge is 0.260 e. The van der Waals surface area contributed by atoms with E-state index in [1.807, 2.05) is 30.7 Å². The van der Waals surface area contributed by atoms with E-state index in [2.05, 4.69) is 50.4 Å². The number of anilines is 2. The minimum Gasteiger partial charge on any atom is -0.493 e. The summed E-state index contributed by atoms with van der Waals surface area (Å²) in [6.45, 7) is 9.69. The number of unbranched alkanes of at least 4 members (excludes halogenated alkanes) is 2. The van der Waals surface area contributed by atoms with Gasteiger partial charge in [0.05, 0.1) is 68.4 Å². The SMILES string of the molecule is COc1cc2c(cc1OCCCOc1cc3c(cc1OC)C(=O)N1C=C(c4ccc(N5CCNCC5)cc4)C[C@H]1C=N3)N=C[C@@H]1CC(c3ccc(NC(=O)[C@H](C)NC(=O)C(NC(=O)CCCCCN4C(=O)CC(O)C4=O)C(C)C)cc3)=CN1C2=O. The standard InChI is InChI=1S/C63H72N10O12/c1-37(2)58(69-56(75)10-7-6-8-21-71-57(76)32-51(74)63(71)81)60(78)67-38(3)59(77)68-43-15-11-39(12-16-43)41-26-45-33-65-49-30-54(52(82-4)28-47(49)61(79)72(45)35-41)84-24-9-25-85-55-31-50-48(29-53(55)83-5)62(80)73-36-42(27-46(73)34-66-50)40-13-17-44(18-14-40)70-22-19-64-20-23-70/h11-18,28-31,33-38,45-46,51,58,64,74H,6-10,19-27,32H2,1-5H3,(H,67,78)(H,68,77)(H,69,75)/t38-,45-,46-,51?,58?/m0/s1. The summed E-state index contributed by atoms with van der Waals surface area (Å²) in [5.41, 5.74) is 7.27. The number of methoxy groups -OCH3 is 2. The molecule has 7 amide bonds. The van der Waals surface area contributed by atoms with Crippen molar-refractivity contribution in [3.05, 3.63) is 107 Å². The second kappa shape index (κ2) is 26.4. The maximum Gasteiger partial charge on any atom is 0.260 e. The Morgan fingerprint density at radius 1 is 0.671 bits per heavy atom. The average Bonchev–Trinajstić information content (AvgIpc) is 3.35. The third-order valence-electron chi connectivity index (χ3n) is 16.0. The number of aliphatic hydroxyl groups excluding tert-OH is 1. The van der Waals surface area contributed by atoms with Crippen LogP contribution >= 0.6 is 0 Å². The number of fused-ring (bicyclic) bond motifs is 4. The number of benzene rings is 4. The molecule has 85 heavy (non-hydrogen) atoms. The van der Waals surface area contributed by atoms with Gasteiger partial charge in [-0.25, -0.2) is 0 Å². The van der Waals surface area contributed by atoms with E-state index in [1.165, 1.54) is 19.9 Å². The minimum absolute atomic E-state index is 0.126. The van der Waals surface area contributed by atoms with Gasteiger partial charge in [-0.1, -0.05) is 44.5 Å². The molecule has 5 atom stereocenters. The molecule has 6 heterocycles. The average molecular weight is 1160 g/mol. The molecule has 2 unspecified atom stereocenters. The molecule has 2 fully saturated rings. The molecule has 0 radical (unpaired) electrons. The first-order valence-corrected chi connectivity index (χ1v) is 29.0. The van der Waals surface area contributed by atoms with Crippen molar-refractivity contribution in [2.45, 2.75) is 102 Å². The van der Waals surface area contributed by atoms with Gasteiger partial charge in [0.1, 0.15) is 18.2 Å². The van der Waals surface area contributed by atoms with Crippen molar-refractivity contribution >= 4 is 87.7 Å². The first-order chi connectivity index (χ1) is 41.1. The number of ether oxygens (including phenoxy) is 4. The van der Waals surface area contributed by atoms with Crippen LogP contribution in [0.25, 0.3) is 11.1 Å². The van der Waals surface area contributed by atoms with E-state index in [0.717, 1.165) is 53.4 Å². The van der Waals surface area contributed by atoms with E-state index in [4.69, 9.17) is 28.9 Å². The van der Waals surface area contributed by atoms with Crippen LogP contribution in [0.2, 0.25) is 0 Å². The summed E-state index contributed by atoms with van der Waals surface area (Å²) in [7, 11) is 3.04. The van der Waals surface area contributed by atoms with Crippen LogP contribution in [0.1, 0.15) is 104 Å². The lowest BCUT2D eigenvalue weighted by Gasteiger charge is -2.29. The van der Waals surface area contributed by atoms with Gasteiger partial charge < -0.3 is 60.0 Å². The van der Waals surface area contributed by atoms with Crippen molar-refractivity contribution in [2.75, 3.05) is 70.4 Å². The highest BCUT2D eigenvalue weighted by atomic mass is 16.5. The number of hydrogen-bond donors (Lipinski definition) is 5. The maximum absolute atomic E-state index is 14.2. The first kappa shape index (κ1) is 59.3. The number of rotatable bonds is 23. The number of imide groups is 1. The summed E-state index contributed by atoms with van der Waals surface area (Å²) in [6, 6.07) is 20.1. The van der Waals surface area contributed by atoms with Gasteiger partial charge in [0.25, 0.3) is 17.7 Å². The van der Waals surface area contributed by atoms with Crippen molar-refractivity contribution in [3.8, 4) is 23.0 Å². The molecule has 0 bridgehead atoms. The van der Waals surface area contributed by atoms with Crippen molar-refractivity contribution in [1.82, 2.24) is 30.7 Å². The van der Waals surface area contributed by atoms with Gasteiger partial charge in [0.15, 0.2) is 23.0 Å². The van der Waals surface area contributed by atoms with Crippen molar-refractivity contribution in [2.24, 2.45) is 15.9 Å². The molecular weight excluding hydrogens is 1090 g/mol. The van der Waals surface area contributed by atoms with Crippen molar-refractivity contribution < 1.29 is 57.6 Å². The number of likely N-dealkylation sites (tertiary alicyclic amines) is 1. The summed E-state index contributed by atoms with van der Waals surface area (Å²) >= 11 is 0. The summed E-state index contributed by atoms with van der Waals surface area (Å²) in [4.78, 5) is 108. The van der Waals surface area contributed by atoms with Crippen LogP contribution in [0.15, 0.2) is 95.2 Å². The molecule has 0 aliphatic carbocycles. The van der Waals surface area contributed by atoms with Gasteiger partial charge in [0, 0.05) is 107 Å². The number of carbonyl (C=O) groups excluding carboxylic acids is 7. The normalized spacial score (nSPS) is 19.5. The number of nitrogens with zero attached hydrogens (tertiary/aromatic N) is 6. The molecule has 0 spiro atoms. The summed E-state index contributed by atoms with van der Waals surface area (Å²) in [5.74, 6) is -1.39. The predicted molar refractivity (Wildman–Crippen MR) is 320 cm³/mol. The van der Waals surface area contributed by atoms with E-state index < -0.39 is 41.8 Å². The number of carbonyl (C=O) groups is 7. The van der Waals surface area contributed by atoms with Crippen LogP contribution in [-0.4, -0.2) is 164 Å². The number of aliphatic hydroxyl groups is 1. The number of nitrogens with one attached hydrogen (secondary N) is 4. The Kier molecular flexibility index (Phi) is 18.4. The molecule has 5 N–H and O–H groups in total. The summed E-state index contributed by atoms with van der Waals surface area (Å²) in [5, 5.41) is 21.3. The lowest BCUT2D eigenvalue weighted by atomic mass is 10.0. The lowest BCUT2D eigenvalue weighted by Crippen LogP contribution is -2.53. The molecule has 446 valence electrons. The van der Waals surface area contributed by atoms with E-state index >= 15 is 0 Å².